The fourth-order valence-electron chi connectivity index (χ4n) is 3.16. The van der Waals surface area contributed by atoms with E-state index in [0.29, 0.717) is 22.8 Å². The van der Waals surface area contributed by atoms with E-state index >= 15 is 0 Å². The molecule has 29 heavy (non-hydrogen) atoms. The zero-order valence-electron chi connectivity index (χ0n) is 16.4. The van der Waals surface area contributed by atoms with Crippen molar-refractivity contribution in [3.05, 3.63) is 41.5 Å². The second kappa shape index (κ2) is 8.93. The number of ether oxygens (including phenoxy) is 5. The number of aliphatic hydroxyl groups excluding tert-OH is 2. The molecule has 0 spiro atoms. The van der Waals surface area contributed by atoms with Crippen LogP contribution in [0.3, 0.4) is 0 Å². The molecular formula is C21H24O8. The van der Waals surface area contributed by atoms with Crippen LogP contribution in [0.15, 0.2) is 30.3 Å². The lowest BCUT2D eigenvalue weighted by atomic mass is 10.0. The van der Waals surface area contributed by atoms with Crippen molar-refractivity contribution < 1.29 is 39.0 Å². The first-order chi connectivity index (χ1) is 14.1. The van der Waals surface area contributed by atoms with Crippen LogP contribution >= 0.6 is 0 Å². The quantitative estimate of drug-likeness (QED) is 0.645. The molecular weight excluding hydrogens is 380 g/mol. The van der Waals surface area contributed by atoms with Gasteiger partial charge in [0.2, 0.25) is 11.5 Å². The van der Waals surface area contributed by atoms with Crippen molar-refractivity contribution in [3.8, 4) is 34.5 Å². The molecule has 0 amide bonds. The van der Waals surface area contributed by atoms with Crippen LogP contribution in [0.4, 0.5) is 0 Å². The molecule has 1 aliphatic heterocycles. The second-order valence-electron chi connectivity index (χ2n) is 6.29. The van der Waals surface area contributed by atoms with Crippen LogP contribution in [0.1, 0.15) is 17.2 Å². The summed E-state index contributed by atoms with van der Waals surface area (Å²) in [6, 6.07) is 6.70. The van der Waals surface area contributed by atoms with E-state index in [0.717, 1.165) is 5.56 Å². The lowest BCUT2D eigenvalue weighted by molar-refractivity contribution is -0.0142. The summed E-state index contributed by atoms with van der Waals surface area (Å²) in [5.41, 5.74) is 1.34. The number of aromatic hydroxyl groups is 1. The van der Waals surface area contributed by atoms with Crippen LogP contribution in [0.25, 0.3) is 6.08 Å². The number of hydrogen-bond acceptors (Lipinski definition) is 8. The molecule has 0 saturated heterocycles. The van der Waals surface area contributed by atoms with Gasteiger partial charge in [-0.15, -0.1) is 0 Å². The largest absolute Gasteiger partial charge is 0.502 e. The van der Waals surface area contributed by atoms with Crippen molar-refractivity contribution in [2.24, 2.45) is 0 Å². The molecule has 0 fully saturated rings. The number of phenols is 1. The molecule has 0 aliphatic carbocycles. The van der Waals surface area contributed by atoms with E-state index in [9.17, 15) is 10.2 Å². The summed E-state index contributed by atoms with van der Waals surface area (Å²) in [4.78, 5) is 0. The molecule has 156 valence electrons. The average molecular weight is 404 g/mol. The Kier molecular flexibility index (Phi) is 6.36. The van der Waals surface area contributed by atoms with Gasteiger partial charge in [0.25, 0.3) is 0 Å². The Bertz CT molecular complexity index is 867. The van der Waals surface area contributed by atoms with E-state index < -0.39 is 12.2 Å². The number of phenolic OH excluding ortho intramolecular Hbond substituents is 1. The molecule has 3 rings (SSSR count). The highest BCUT2D eigenvalue weighted by atomic mass is 16.6. The van der Waals surface area contributed by atoms with Gasteiger partial charge in [-0.25, -0.2) is 0 Å². The highest BCUT2D eigenvalue weighted by Gasteiger charge is 2.35. The van der Waals surface area contributed by atoms with Gasteiger partial charge in [0, 0.05) is 5.56 Å². The molecule has 8 nitrogen and oxygen atoms in total. The van der Waals surface area contributed by atoms with Gasteiger partial charge in [0.05, 0.1) is 34.5 Å². The molecule has 1 aliphatic rings. The molecule has 0 radical (unpaired) electrons. The minimum atomic E-state index is -0.728. The fourth-order valence-corrected chi connectivity index (χ4v) is 3.16. The van der Waals surface area contributed by atoms with Gasteiger partial charge in [0.15, 0.2) is 35.2 Å². The summed E-state index contributed by atoms with van der Waals surface area (Å²) in [7, 11) is 4.37. The van der Waals surface area contributed by atoms with Crippen LogP contribution in [0.5, 0.6) is 34.5 Å². The molecule has 8 heteroatoms. The third-order valence-corrected chi connectivity index (χ3v) is 4.55. The van der Waals surface area contributed by atoms with E-state index in [1.165, 1.54) is 21.3 Å². The topological polar surface area (TPSA) is 107 Å². The Morgan fingerprint density at radius 1 is 0.931 bits per heavy atom. The number of benzene rings is 2. The smallest absolute Gasteiger partial charge is 0.204 e. The first-order valence-corrected chi connectivity index (χ1v) is 8.94. The Balaban J connectivity index is 2.07. The SMILES string of the molecule is COc1cc([C@H]2Oc3cc(/C=C/CO)cc(OC)c3O[C@@H]2CO)cc(OC)c1O. The van der Waals surface area contributed by atoms with Gasteiger partial charge >= 0.3 is 0 Å². The zero-order valence-corrected chi connectivity index (χ0v) is 16.4. The zero-order chi connectivity index (χ0) is 21.0. The van der Waals surface area contributed by atoms with Crippen molar-refractivity contribution in [1.82, 2.24) is 0 Å². The predicted molar refractivity (Wildman–Crippen MR) is 105 cm³/mol. The number of rotatable bonds is 7. The molecule has 3 N–H and O–H groups in total. The van der Waals surface area contributed by atoms with Crippen molar-refractivity contribution in [2.45, 2.75) is 12.2 Å². The predicted octanol–water partition coefficient (Wildman–Crippen LogP) is 2.30. The Hall–Kier alpha value is -3.10. The Morgan fingerprint density at radius 2 is 1.59 bits per heavy atom. The number of hydrogen-bond donors (Lipinski definition) is 3. The highest BCUT2D eigenvalue weighted by molar-refractivity contribution is 5.63. The Labute approximate surface area is 168 Å². The summed E-state index contributed by atoms with van der Waals surface area (Å²) in [6.45, 7) is -0.413. The van der Waals surface area contributed by atoms with Crippen LogP contribution in [-0.4, -0.2) is 56.0 Å². The van der Waals surface area contributed by atoms with Gasteiger partial charge in [-0.05, 0) is 29.8 Å². The van der Waals surface area contributed by atoms with Gasteiger partial charge in [-0.1, -0.05) is 12.2 Å². The summed E-state index contributed by atoms with van der Waals surface area (Å²) in [5, 5.41) is 29.1. The maximum Gasteiger partial charge on any atom is 0.204 e. The summed E-state index contributed by atoms with van der Waals surface area (Å²) in [6.07, 6.45) is 1.90. The first-order valence-electron chi connectivity index (χ1n) is 8.94. The lowest BCUT2D eigenvalue weighted by Gasteiger charge is -2.34. The number of aliphatic hydroxyl groups is 2. The van der Waals surface area contributed by atoms with E-state index in [2.05, 4.69) is 0 Å². The molecule has 1 heterocycles. The van der Waals surface area contributed by atoms with Crippen molar-refractivity contribution >= 4 is 6.08 Å². The van der Waals surface area contributed by atoms with Gasteiger partial charge in [-0.2, -0.15) is 0 Å². The molecule has 0 saturated carbocycles. The fraction of sp³-hybridized carbons (Fsp3) is 0.333. The number of methoxy groups -OCH3 is 3. The van der Waals surface area contributed by atoms with E-state index in [1.807, 2.05) is 0 Å². The molecule has 0 aromatic heterocycles. The first kappa shape index (κ1) is 20.6. The monoisotopic (exact) mass is 404 g/mol. The third kappa shape index (κ3) is 4.03. The van der Waals surface area contributed by atoms with Crippen molar-refractivity contribution in [3.63, 3.8) is 0 Å². The van der Waals surface area contributed by atoms with Crippen molar-refractivity contribution in [2.75, 3.05) is 34.5 Å². The minimum absolute atomic E-state index is 0.0981. The normalized spacial score (nSPS) is 18.0. The maximum atomic E-state index is 10.2. The molecule has 2 atom stereocenters. The van der Waals surface area contributed by atoms with E-state index in [4.69, 9.17) is 28.8 Å². The van der Waals surface area contributed by atoms with Crippen LogP contribution in [0.2, 0.25) is 0 Å². The maximum absolute atomic E-state index is 10.2. The molecule has 0 unspecified atom stereocenters. The molecule has 2 aromatic carbocycles. The third-order valence-electron chi connectivity index (χ3n) is 4.55. The standard InChI is InChI=1S/C21H24O8/c1-25-14-9-13(10-15(26-2)19(14)24)20-18(11-23)29-21-16(27-3)7-12(5-4-6-22)8-17(21)28-20/h4-5,7-10,18,20,22-24H,6,11H2,1-3H3/b5-4+/t18-,20-/m1/s1. The minimum Gasteiger partial charge on any atom is -0.502 e. The van der Waals surface area contributed by atoms with E-state index in [-0.39, 0.29) is 30.5 Å². The summed E-state index contributed by atoms with van der Waals surface area (Å²) >= 11 is 0. The second-order valence-corrected chi connectivity index (χ2v) is 6.29. The van der Waals surface area contributed by atoms with Crippen LogP contribution < -0.4 is 23.7 Å². The number of fused-ring (bicyclic) bond motifs is 1. The highest BCUT2D eigenvalue weighted by Crippen LogP contribution is 2.48. The Morgan fingerprint density at radius 3 is 2.14 bits per heavy atom. The van der Waals surface area contributed by atoms with Crippen molar-refractivity contribution in [1.29, 1.82) is 0 Å². The average Bonchev–Trinajstić information content (AvgIpc) is 2.76. The van der Waals surface area contributed by atoms with Crippen LogP contribution in [0, 0.1) is 0 Å². The molecule has 0 bridgehead atoms. The summed E-state index contributed by atoms with van der Waals surface area (Å²) < 4.78 is 28.0. The van der Waals surface area contributed by atoms with Gasteiger partial charge in [-0.3, -0.25) is 0 Å². The van der Waals surface area contributed by atoms with Gasteiger partial charge < -0.3 is 39.0 Å². The van der Waals surface area contributed by atoms with Gasteiger partial charge in [0.1, 0.15) is 0 Å². The summed E-state index contributed by atoms with van der Waals surface area (Å²) in [5.74, 6) is 1.53. The molecule has 2 aromatic rings. The van der Waals surface area contributed by atoms with Crippen LogP contribution in [-0.2, 0) is 0 Å². The lowest BCUT2D eigenvalue weighted by Crippen LogP contribution is -2.36. The van der Waals surface area contributed by atoms with E-state index in [1.54, 1.807) is 36.4 Å².